The number of aryl methyl sites for hydroxylation is 2. The Labute approximate surface area is 216 Å². The molecule has 36 heavy (non-hydrogen) atoms. The standard InChI is InChI=1S/C29H31ClN4O2/c1-18-29(19(2)36-33-18)22-7-8-25-24(15-22)26(31-17-21-5-4-6-23(30)13-21)16-27(32-25)28(35)14-20-9-11-34(3)12-10-20/h4-8,13,15-16,20H,9-12,14,17H2,1-3H3,(H,31,32). The normalized spacial score (nSPS) is 14.9. The number of halogens is 1. The fourth-order valence-corrected chi connectivity index (χ4v) is 5.26. The quantitative estimate of drug-likeness (QED) is 0.284. The Balaban J connectivity index is 1.50. The monoisotopic (exact) mass is 502 g/mol. The number of carbonyl (C=O) groups excluding carboxylic acids is 1. The van der Waals surface area contributed by atoms with Gasteiger partial charge in [-0.15, -0.1) is 0 Å². The number of Topliss-reactive ketones (excluding diaryl/α,β-unsaturated/α-hetero) is 1. The molecule has 2 aromatic heterocycles. The number of nitrogens with zero attached hydrogens (tertiary/aromatic N) is 3. The maximum atomic E-state index is 13.3. The average molecular weight is 503 g/mol. The van der Waals surface area contributed by atoms with E-state index < -0.39 is 0 Å². The van der Waals surface area contributed by atoms with Crippen LogP contribution in [0.2, 0.25) is 5.02 Å². The second kappa shape index (κ2) is 10.4. The summed E-state index contributed by atoms with van der Waals surface area (Å²) in [5.41, 5.74) is 6.08. The van der Waals surface area contributed by atoms with Crippen LogP contribution in [0.3, 0.4) is 0 Å². The molecule has 0 unspecified atom stereocenters. The van der Waals surface area contributed by atoms with Crippen molar-refractivity contribution in [1.82, 2.24) is 15.0 Å². The molecule has 1 saturated heterocycles. The van der Waals surface area contributed by atoms with E-state index in [4.69, 9.17) is 21.1 Å². The summed E-state index contributed by atoms with van der Waals surface area (Å²) in [7, 11) is 2.14. The minimum absolute atomic E-state index is 0.104. The fraction of sp³-hybridized carbons (Fsp3) is 0.345. The van der Waals surface area contributed by atoms with Crippen LogP contribution < -0.4 is 5.32 Å². The predicted molar refractivity (Wildman–Crippen MR) is 145 cm³/mol. The fourth-order valence-electron chi connectivity index (χ4n) is 5.04. The van der Waals surface area contributed by atoms with Gasteiger partial charge in [-0.3, -0.25) is 4.79 Å². The van der Waals surface area contributed by atoms with Crippen LogP contribution in [-0.4, -0.2) is 41.0 Å². The highest BCUT2D eigenvalue weighted by Gasteiger charge is 2.22. The number of carbonyl (C=O) groups is 1. The molecule has 3 heterocycles. The molecule has 1 aliphatic rings. The van der Waals surface area contributed by atoms with Crippen molar-refractivity contribution < 1.29 is 9.32 Å². The maximum absolute atomic E-state index is 13.3. The molecule has 1 N–H and O–H groups in total. The summed E-state index contributed by atoms with van der Waals surface area (Å²) < 4.78 is 5.40. The number of nitrogens with one attached hydrogen (secondary N) is 1. The lowest BCUT2D eigenvalue weighted by molar-refractivity contribution is 0.0931. The molecule has 0 amide bonds. The molecular formula is C29H31ClN4O2. The Kier molecular flexibility index (Phi) is 7.08. The van der Waals surface area contributed by atoms with Crippen LogP contribution in [0.5, 0.6) is 0 Å². The van der Waals surface area contributed by atoms with E-state index in [9.17, 15) is 4.79 Å². The number of fused-ring (bicyclic) bond motifs is 1. The number of likely N-dealkylation sites (tertiary alicyclic amines) is 1. The molecule has 1 aliphatic heterocycles. The maximum Gasteiger partial charge on any atom is 0.181 e. The van der Waals surface area contributed by atoms with Crippen LogP contribution in [0, 0.1) is 19.8 Å². The van der Waals surface area contributed by atoms with Crippen molar-refractivity contribution in [3.8, 4) is 11.1 Å². The van der Waals surface area contributed by atoms with Gasteiger partial charge in [0.2, 0.25) is 0 Å². The van der Waals surface area contributed by atoms with Crippen molar-refractivity contribution >= 4 is 34.0 Å². The molecular weight excluding hydrogens is 472 g/mol. The second-order valence-electron chi connectivity index (χ2n) is 9.84. The summed E-state index contributed by atoms with van der Waals surface area (Å²) in [5, 5.41) is 9.30. The van der Waals surface area contributed by atoms with Gasteiger partial charge in [0.05, 0.1) is 11.2 Å². The summed E-state index contributed by atoms with van der Waals surface area (Å²) in [6.45, 7) is 6.52. The van der Waals surface area contributed by atoms with E-state index >= 15 is 0 Å². The minimum atomic E-state index is 0.104. The first-order valence-electron chi connectivity index (χ1n) is 12.5. The van der Waals surface area contributed by atoms with Crippen LogP contribution in [0.1, 0.15) is 46.8 Å². The molecule has 6 nitrogen and oxygen atoms in total. The first-order chi connectivity index (χ1) is 17.4. The molecule has 0 spiro atoms. The minimum Gasteiger partial charge on any atom is -0.380 e. The predicted octanol–water partition coefficient (Wildman–Crippen LogP) is 6.69. The van der Waals surface area contributed by atoms with Crippen molar-refractivity contribution in [3.63, 3.8) is 0 Å². The zero-order valence-electron chi connectivity index (χ0n) is 21.0. The smallest absolute Gasteiger partial charge is 0.181 e. The van der Waals surface area contributed by atoms with Gasteiger partial charge in [-0.25, -0.2) is 4.98 Å². The highest BCUT2D eigenvalue weighted by atomic mass is 35.5. The van der Waals surface area contributed by atoms with Crippen LogP contribution in [0.4, 0.5) is 5.69 Å². The average Bonchev–Trinajstić information content (AvgIpc) is 3.21. The summed E-state index contributed by atoms with van der Waals surface area (Å²) in [5.74, 6) is 1.29. The number of pyridine rings is 1. The van der Waals surface area contributed by atoms with E-state index in [0.29, 0.717) is 29.6 Å². The molecule has 0 saturated carbocycles. The molecule has 1 fully saturated rings. The van der Waals surface area contributed by atoms with Gasteiger partial charge in [-0.1, -0.05) is 35.0 Å². The van der Waals surface area contributed by atoms with E-state index in [1.165, 1.54) is 0 Å². The number of benzene rings is 2. The number of rotatable bonds is 7. The number of ketones is 1. The number of hydrogen-bond donors (Lipinski definition) is 1. The molecule has 4 aromatic rings. The van der Waals surface area contributed by atoms with Crippen molar-refractivity contribution in [3.05, 3.63) is 76.3 Å². The van der Waals surface area contributed by atoms with E-state index in [1.807, 2.05) is 56.3 Å². The molecule has 0 aliphatic carbocycles. The van der Waals surface area contributed by atoms with Crippen molar-refractivity contribution in [2.45, 2.75) is 39.7 Å². The van der Waals surface area contributed by atoms with Gasteiger partial charge >= 0.3 is 0 Å². The van der Waals surface area contributed by atoms with Gasteiger partial charge in [0.15, 0.2) is 5.78 Å². The Morgan fingerprint density at radius 1 is 1.14 bits per heavy atom. The van der Waals surface area contributed by atoms with Crippen molar-refractivity contribution in [2.24, 2.45) is 5.92 Å². The Bertz CT molecular complexity index is 1390. The van der Waals surface area contributed by atoms with Gasteiger partial charge in [0.25, 0.3) is 0 Å². The molecule has 5 rings (SSSR count). The molecule has 186 valence electrons. The summed E-state index contributed by atoms with van der Waals surface area (Å²) in [6, 6.07) is 15.8. The second-order valence-corrected chi connectivity index (χ2v) is 10.3. The summed E-state index contributed by atoms with van der Waals surface area (Å²) in [6.07, 6.45) is 2.64. The topological polar surface area (TPSA) is 71.3 Å². The van der Waals surface area contributed by atoms with E-state index in [-0.39, 0.29) is 5.78 Å². The van der Waals surface area contributed by atoms with E-state index in [1.54, 1.807) is 0 Å². The Morgan fingerprint density at radius 2 is 1.94 bits per heavy atom. The number of piperidine rings is 1. The highest BCUT2D eigenvalue weighted by Crippen LogP contribution is 2.33. The third-order valence-corrected chi connectivity index (χ3v) is 7.34. The molecule has 2 aromatic carbocycles. The third kappa shape index (κ3) is 5.30. The molecule has 0 radical (unpaired) electrons. The first kappa shape index (κ1) is 24.5. The number of aromatic nitrogens is 2. The molecule has 0 atom stereocenters. The van der Waals surface area contributed by atoms with Crippen molar-refractivity contribution in [1.29, 1.82) is 0 Å². The van der Waals surface area contributed by atoms with Crippen LogP contribution >= 0.6 is 11.6 Å². The van der Waals surface area contributed by atoms with Gasteiger partial charge in [0, 0.05) is 34.6 Å². The van der Waals surface area contributed by atoms with Crippen molar-refractivity contribution in [2.75, 3.05) is 25.5 Å². The zero-order chi connectivity index (χ0) is 25.2. The summed E-state index contributed by atoms with van der Waals surface area (Å²) in [4.78, 5) is 20.4. The van der Waals surface area contributed by atoms with Gasteiger partial charge in [0.1, 0.15) is 11.5 Å². The number of hydrogen-bond acceptors (Lipinski definition) is 6. The lowest BCUT2D eigenvalue weighted by atomic mass is 9.91. The van der Waals surface area contributed by atoms with Crippen LogP contribution in [0.15, 0.2) is 53.1 Å². The van der Waals surface area contributed by atoms with E-state index in [0.717, 1.165) is 70.7 Å². The Morgan fingerprint density at radius 3 is 2.67 bits per heavy atom. The lowest BCUT2D eigenvalue weighted by Gasteiger charge is -2.28. The van der Waals surface area contributed by atoms with E-state index in [2.05, 4.69) is 28.5 Å². The SMILES string of the molecule is Cc1noc(C)c1-c1ccc2nc(C(=O)CC3CCN(C)CC3)cc(NCc3cccc(Cl)c3)c2c1. The zero-order valence-corrected chi connectivity index (χ0v) is 21.7. The summed E-state index contributed by atoms with van der Waals surface area (Å²) >= 11 is 6.20. The first-order valence-corrected chi connectivity index (χ1v) is 12.8. The lowest BCUT2D eigenvalue weighted by Crippen LogP contribution is -2.31. The number of anilines is 1. The van der Waals surface area contributed by atoms with Crippen LogP contribution in [0.25, 0.3) is 22.0 Å². The Hall–Kier alpha value is -3.22. The van der Waals surface area contributed by atoms with Gasteiger partial charge in [-0.05, 0) is 94.2 Å². The van der Waals surface area contributed by atoms with Gasteiger partial charge < -0.3 is 14.7 Å². The van der Waals surface area contributed by atoms with Crippen LogP contribution in [-0.2, 0) is 6.54 Å². The highest BCUT2D eigenvalue weighted by molar-refractivity contribution is 6.30. The van der Waals surface area contributed by atoms with Gasteiger partial charge in [-0.2, -0.15) is 0 Å². The largest absolute Gasteiger partial charge is 0.380 e. The molecule has 0 bridgehead atoms. The molecule has 7 heteroatoms. The third-order valence-electron chi connectivity index (χ3n) is 7.10.